The fourth-order valence-electron chi connectivity index (χ4n) is 5.47. The third kappa shape index (κ3) is 5.06. The molecule has 1 aliphatic heterocycles. The minimum absolute atomic E-state index is 0.0342. The Kier molecular flexibility index (Phi) is 7.17. The van der Waals surface area contributed by atoms with Crippen LogP contribution in [0.15, 0.2) is 72.8 Å². The van der Waals surface area contributed by atoms with E-state index in [9.17, 15) is 4.79 Å². The van der Waals surface area contributed by atoms with Crippen LogP contribution in [0, 0.1) is 26.7 Å². The number of rotatable bonds is 7. The molecule has 1 amide bonds. The summed E-state index contributed by atoms with van der Waals surface area (Å²) in [7, 11) is 0. The standard InChI is InChI=1S/C31H37N5O/c1-22(26-11-7-5-8-12-26)21-32-30(37)27-17-19-34(20-18-27)31-29(35-23(2)15-16-24(35)3)25(4)33-36(31)28-13-9-6-10-14-28/h5-16,22,27H,17-21H2,1-4H3,(H,32,37)/t22-/m0/s1. The molecule has 37 heavy (non-hydrogen) atoms. The summed E-state index contributed by atoms with van der Waals surface area (Å²) in [6, 6.07) is 25.0. The van der Waals surface area contributed by atoms with Gasteiger partial charge in [-0.15, -0.1) is 0 Å². The number of nitrogens with zero attached hydrogens (tertiary/aromatic N) is 4. The number of anilines is 1. The topological polar surface area (TPSA) is 55.1 Å². The Morgan fingerprint density at radius 3 is 2.14 bits per heavy atom. The van der Waals surface area contributed by atoms with Crippen LogP contribution in [0.4, 0.5) is 5.82 Å². The molecule has 6 nitrogen and oxygen atoms in total. The van der Waals surface area contributed by atoms with Crippen molar-refractivity contribution in [3.05, 3.63) is 95.4 Å². The number of aromatic nitrogens is 3. The van der Waals surface area contributed by atoms with Crippen molar-refractivity contribution in [2.75, 3.05) is 24.5 Å². The smallest absolute Gasteiger partial charge is 0.223 e. The lowest BCUT2D eigenvalue weighted by molar-refractivity contribution is -0.125. The van der Waals surface area contributed by atoms with Crippen LogP contribution < -0.4 is 10.2 Å². The van der Waals surface area contributed by atoms with Crippen LogP contribution in [0.5, 0.6) is 0 Å². The Hall–Kier alpha value is -3.80. The number of hydrogen-bond acceptors (Lipinski definition) is 3. The molecule has 1 fully saturated rings. The van der Waals surface area contributed by atoms with Crippen molar-refractivity contribution >= 4 is 11.7 Å². The van der Waals surface area contributed by atoms with Gasteiger partial charge < -0.3 is 14.8 Å². The van der Waals surface area contributed by atoms with Gasteiger partial charge in [0.15, 0.2) is 5.82 Å². The van der Waals surface area contributed by atoms with Crippen LogP contribution in [-0.4, -0.2) is 39.9 Å². The first-order chi connectivity index (χ1) is 17.9. The molecule has 6 heteroatoms. The summed E-state index contributed by atoms with van der Waals surface area (Å²) in [6.07, 6.45) is 1.65. The van der Waals surface area contributed by atoms with Crippen molar-refractivity contribution in [1.29, 1.82) is 0 Å². The molecule has 5 rings (SSSR count). The zero-order valence-electron chi connectivity index (χ0n) is 22.3. The minimum atomic E-state index is 0.0342. The molecule has 1 N–H and O–H groups in total. The van der Waals surface area contributed by atoms with Crippen LogP contribution in [-0.2, 0) is 4.79 Å². The largest absolute Gasteiger partial charge is 0.355 e. The summed E-state index contributed by atoms with van der Waals surface area (Å²) >= 11 is 0. The van der Waals surface area contributed by atoms with Crippen LogP contribution >= 0.6 is 0 Å². The highest BCUT2D eigenvalue weighted by Gasteiger charge is 2.30. The normalized spacial score (nSPS) is 15.1. The zero-order valence-corrected chi connectivity index (χ0v) is 22.3. The molecule has 0 bridgehead atoms. The van der Waals surface area contributed by atoms with Gasteiger partial charge in [0.25, 0.3) is 0 Å². The highest BCUT2D eigenvalue weighted by Crippen LogP contribution is 2.35. The first kappa shape index (κ1) is 24.9. The Labute approximate surface area is 219 Å². The molecule has 1 atom stereocenters. The van der Waals surface area contributed by atoms with Crippen LogP contribution in [0.1, 0.15) is 48.3 Å². The van der Waals surface area contributed by atoms with Crippen LogP contribution in [0.3, 0.4) is 0 Å². The van der Waals surface area contributed by atoms with Gasteiger partial charge in [-0.05, 0) is 69.4 Å². The Bertz CT molecular complexity index is 1330. The van der Waals surface area contributed by atoms with E-state index in [2.05, 4.69) is 108 Å². The predicted octanol–water partition coefficient (Wildman–Crippen LogP) is 5.72. The highest BCUT2D eigenvalue weighted by molar-refractivity contribution is 5.79. The zero-order chi connectivity index (χ0) is 25.9. The number of para-hydroxylation sites is 1. The average Bonchev–Trinajstić information content (AvgIpc) is 3.45. The number of carbonyl (C=O) groups excluding carboxylic acids is 1. The number of piperidine rings is 1. The van der Waals surface area contributed by atoms with Gasteiger partial charge in [-0.25, -0.2) is 4.68 Å². The van der Waals surface area contributed by atoms with Crippen LogP contribution in [0.2, 0.25) is 0 Å². The summed E-state index contributed by atoms with van der Waals surface area (Å²) in [5.41, 5.74) is 6.81. The maximum atomic E-state index is 13.1. The van der Waals surface area contributed by atoms with E-state index in [0.29, 0.717) is 12.5 Å². The molecule has 2 aromatic carbocycles. The summed E-state index contributed by atoms with van der Waals surface area (Å²) in [6.45, 7) is 10.8. The van der Waals surface area contributed by atoms with Gasteiger partial charge in [0, 0.05) is 36.9 Å². The quantitative estimate of drug-likeness (QED) is 0.357. The maximum absolute atomic E-state index is 13.1. The van der Waals surface area contributed by atoms with Crippen molar-refractivity contribution in [3.63, 3.8) is 0 Å². The molecule has 0 saturated carbocycles. The maximum Gasteiger partial charge on any atom is 0.223 e. The van der Waals surface area contributed by atoms with E-state index in [1.54, 1.807) is 0 Å². The van der Waals surface area contributed by atoms with E-state index in [0.717, 1.165) is 48.8 Å². The number of hydrogen-bond donors (Lipinski definition) is 1. The number of benzene rings is 2. The number of nitrogens with one attached hydrogen (secondary N) is 1. The molecule has 0 aliphatic carbocycles. The minimum Gasteiger partial charge on any atom is -0.355 e. The molecule has 3 heterocycles. The van der Waals surface area contributed by atoms with Crippen molar-refractivity contribution in [2.24, 2.45) is 5.92 Å². The first-order valence-electron chi connectivity index (χ1n) is 13.3. The van der Waals surface area contributed by atoms with Gasteiger partial charge in [0.1, 0.15) is 5.69 Å². The fourth-order valence-corrected chi connectivity index (χ4v) is 5.47. The van der Waals surface area contributed by atoms with E-state index in [1.807, 2.05) is 12.1 Å². The molecule has 0 radical (unpaired) electrons. The number of amides is 1. The first-order valence-corrected chi connectivity index (χ1v) is 13.3. The van der Waals surface area contributed by atoms with E-state index in [-0.39, 0.29) is 11.8 Å². The van der Waals surface area contributed by atoms with Gasteiger partial charge in [-0.1, -0.05) is 55.5 Å². The SMILES string of the molecule is Cc1nn(-c2ccccc2)c(N2CCC(C(=O)NC[C@H](C)c3ccccc3)CC2)c1-n1c(C)ccc1C. The molecule has 0 spiro atoms. The van der Waals surface area contributed by atoms with Crippen molar-refractivity contribution in [3.8, 4) is 11.4 Å². The molecular formula is C31H37N5O. The summed E-state index contributed by atoms with van der Waals surface area (Å²) in [5, 5.41) is 8.22. The predicted molar refractivity (Wildman–Crippen MR) is 150 cm³/mol. The van der Waals surface area contributed by atoms with E-state index >= 15 is 0 Å². The summed E-state index contributed by atoms with van der Waals surface area (Å²) in [5.74, 6) is 1.60. The van der Waals surface area contributed by atoms with Gasteiger partial charge in [-0.3, -0.25) is 4.79 Å². The van der Waals surface area contributed by atoms with Crippen molar-refractivity contribution < 1.29 is 4.79 Å². The highest BCUT2D eigenvalue weighted by atomic mass is 16.1. The molecule has 1 saturated heterocycles. The Morgan fingerprint density at radius 1 is 0.919 bits per heavy atom. The molecule has 2 aromatic heterocycles. The van der Waals surface area contributed by atoms with Crippen LogP contribution in [0.25, 0.3) is 11.4 Å². The van der Waals surface area contributed by atoms with E-state index in [4.69, 9.17) is 5.10 Å². The van der Waals surface area contributed by atoms with Gasteiger partial charge >= 0.3 is 0 Å². The third-order valence-electron chi connectivity index (χ3n) is 7.62. The van der Waals surface area contributed by atoms with E-state index < -0.39 is 0 Å². The fraction of sp³-hybridized carbons (Fsp3) is 0.355. The third-order valence-corrected chi connectivity index (χ3v) is 7.62. The summed E-state index contributed by atoms with van der Waals surface area (Å²) < 4.78 is 4.38. The Morgan fingerprint density at radius 2 is 1.51 bits per heavy atom. The average molecular weight is 496 g/mol. The molecular weight excluding hydrogens is 458 g/mol. The number of carbonyl (C=O) groups is 1. The van der Waals surface area contributed by atoms with Crippen molar-refractivity contribution in [1.82, 2.24) is 19.7 Å². The molecule has 0 unspecified atom stereocenters. The lowest BCUT2D eigenvalue weighted by Crippen LogP contribution is -2.42. The van der Waals surface area contributed by atoms with Crippen molar-refractivity contribution in [2.45, 2.75) is 46.5 Å². The van der Waals surface area contributed by atoms with Gasteiger partial charge in [0.05, 0.1) is 11.4 Å². The second kappa shape index (κ2) is 10.7. The number of aryl methyl sites for hydroxylation is 3. The Balaban J connectivity index is 1.35. The molecule has 4 aromatic rings. The molecule has 1 aliphatic rings. The lowest BCUT2D eigenvalue weighted by Gasteiger charge is -2.34. The second-order valence-corrected chi connectivity index (χ2v) is 10.3. The lowest BCUT2D eigenvalue weighted by atomic mass is 9.95. The van der Waals surface area contributed by atoms with E-state index in [1.165, 1.54) is 17.0 Å². The monoisotopic (exact) mass is 495 g/mol. The second-order valence-electron chi connectivity index (χ2n) is 10.3. The van der Waals surface area contributed by atoms with Gasteiger partial charge in [-0.2, -0.15) is 5.10 Å². The van der Waals surface area contributed by atoms with Gasteiger partial charge in [0.2, 0.25) is 5.91 Å². The summed E-state index contributed by atoms with van der Waals surface area (Å²) in [4.78, 5) is 15.5. The molecule has 192 valence electrons.